The molecule has 0 spiro atoms. The average Bonchev–Trinajstić information content (AvgIpc) is 2.72. The van der Waals surface area contributed by atoms with E-state index in [0.717, 1.165) is 6.26 Å². The molecule has 2 rings (SSSR count). The smallest absolute Gasteiger partial charge is 0.226 e. The monoisotopic (exact) mass is 251 g/mol. The van der Waals surface area contributed by atoms with Crippen LogP contribution in [0.4, 0.5) is 0 Å². The van der Waals surface area contributed by atoms with Gasteiger partial charge in [-0.25, -0.2) is 4.68 Å². The van der Waals surface area contributed by atoms with Crippen molar-refractivity contribution in [3.8, 4) is 5.75 Å². The van der Waals surface area contributed by atoms with Crippen molar-refractivity contribution in [2.24, 2.45) is 0 Å². The molecule has 0 saturated heterocycles. The van der Waals surface area contributed by atoms with Gasteiger partial charge in [0.1, 0.15) is 29.9 Å². The van der Waals surface area contributed by atoms with Crippen molar-refractivity contribution in [1.29, 1.82) is 0 Å². The molecule has 0 atom stereocenters. The predicted molar refractivity (Wildman–Crippen MR) is 61.0 cm³/mol. The highest BCUT2D eigenvalue weighted by molar-refractivity contribution is 5.15. The fourth-order valence-corrected chi connectivity index (χ4v) is 1.34. The molecule has 7 heteroatoms. The topological polar surface area (TPSA) is 101 Å². The summed E-state index contributed by atoms with van der Waals surface area (Å²) in [5, 5.41) is 26.4. The summed E-state index contributed by atoms with van der Waals surface area (Å²) in [5.74, 6) is -0.0977. The van der Waals surface area contributed by atoms with Crippen LogP contribution in [0.2, 0.25) is 0 Å². The van der Waals surface area contributed by atoms with Crippen LogP contribution in [0.5, 0.6) is 5.75 Å². The standard InChI is InChI=1S/C11H13N3O4/c1-11(2,17)10-5-14(13-12-10)4-7-3-8(15)9(16)6-18-7/h3,5-6,16-17H,4H2,1-2H3. The maximum atomic E-state index is 11.2. The second kappa shape index (κ2) is 4.26. The van der Waals surface area contributed by atoms with Crippen LogP contribution in [0.25, 0.3) is 0 Å². The third-order valence-corrected chi connectivity index (χ3v) is 2.35. The first-order valence-corrected chi connectivity index (χ1v) is 5.30. The summed E-state index contributed by atoms with van der Waals surface area (Å²) in [6.07, 6.45) is 2.54. The average molecular weight is 251 g/mol. The Morgan fingerprint density at radius 2 is 2.22 bits per heavy atom. The van der Waals surface area contributed by atoms with Crippen molar-refractivity contribution in [3.05, 3.63) is 40.2 Å². The van der Waals surface area contributed by atoms with Gasteiger partial charge in [-0.05, 0) is 13.8 Å². The molecule has 0 saturated carbocycles. The van der Waals surface area contributed by atoms with Crippen molar-refractivity contribution in [2.75, 3.05) is 0 Å². The fraction of sp³-hybridized carbons (Fsp3) is 0.364. The van der Waals surface area contributed by atoms with Gasteiger partial charge in [0.15, 0.2) is 5.75 Å². The van der Waals surface area contributed by atoms with Gasteiger partial charge >= 0.3 is 0 Å². The van der Waals surface area contributed by atoms with Gasteiger partial charge < -0.3 is 14.6 Å². The lowest BCUT2D eigenvalue weighted by atomic mass is 10.1. The number of hydrogen-bond donors (Lipinski definition) is 2. The minimum absolute atomic E-state index is 0.193. The molecule has 0 aliphatic carbocycles. The van der Waals surface area contributed by atoms with Gasteiger partial charge in [-0.15, -0.1) is 5.10 Å². The lowest BCUT2D eigenvalue weighted by Crippen LogP contribution is -2.15. The molecule has 18 heavy (non-hydrogen) atoms. The Bertz CT molecular complexity index is 609. The van der Waals surface area contributed by atoms with Crippen molar-refractivity contribution in [2.45, 2.75) is 26.0 Å². The number of aromatic hydroxyl groups is 1. The van der Waals surface area contributed by atoms with Crippen molar-refractivity contribution in [1.82, 2.24) is 15.0 Å². The minimum Gasteiger partial charge on any atom is -0.502 e. The molecule has 0 aliphatic rings. The van der Waals surface area contributed by atoms with Crippen LogP contribution >= 0.6 is 0 Å². The molecule has 2 N–H and O–H groups in total. The molecule has 0 aliphatic heterocycles. The maximum absolute atomic E-state index is 11.2. The molecule has 0 fully saturated rings. The summed E-state index contributed by atoms with van der Waals surface area (Å²) in [7, 11) is 0. The fourth-order valence-electron chi connectivity index (χ4n) is 1.34. The Labute approximate surface area is 102 Å². The highest BCUT2D eigenvalue weighted by atomic mass is 16.4. The van der Waals surface area contributed by atoms with Crippen molar-refractivity contribution < 1.29 is 14.6 Å². The van der Waals surface area contributed by atoms with Gasteiger partial charge in [0, 0.05) is 6.07 Å². The molecule has 7 nitrogen and oxygen atoms in total. The molecule has 2 aromatic rings. The Morgan fingerprint density at radius 1 is 1.50 bits per heavy atom. The molecule has 96 valence electrons. The minimum atomic E-state index is -1.08. The summed E-state index contributed by atoms with van der Waals surface area (Å²) in [4.78, 5) is 11.2. The third kappa shape index (κ3) is 2.57. The molecular formula is C11H13N3O4. The van der Waals surface area contributed by atoms with Crippen LogP contribution in [0.15, 0.2) is 27.7 Å². The van der Waals surface area contributed by atoms with E-state index in [1.807, 2.05) is 0 Å². The zero-order chi connectivity index (χ0) is 13.3. The van der Waals surface area contributed by atoms with Crippen LogP contribution < -0.4 is 5.43 Å². The Balaban J connectivity index is 2.21. The van der Waals surface area contributed by atoms with Crippen molar-refractivity contribution >= 4 is 0 Å². The predicted octanol–water partition coefficient (Wildman–Crippen LogP) is 0.213. The molecule has 0 aromatic carbocycles. The third-order valence-electron chi connectivity index (χ3n) is 2.35. The lowest BCUT2D eigenvalue weighted by Gasteiger charge is -2.11. The summed E-state index contributed by atoms with van der Waals surface area (Å²) >= 11 is 0. The van der Waals surface area contributed by atoms with E-state index in [1.165, 1.54) is 10.7 Å². The molecule has 0 bridgehead atoms. The number of aliphatic hydroxyl groups is 1. The Morgan fingerprint density at radius 3 is 2.78 bits per heavy atom. The van der Waals surface area contributed by atoms with E-state index in [2.05, 4.69) is 10.3 Å². The van der Waals surface area contributed by atoms with Gasteiger partial charge in [-0.3, -0.25) is 4.79 Å². The quantitative estimate of drug-likeness (QED) is 0.808. The van der Waals surface area contributed by atoms with Gasteiger partial charge in [0.25, 0.3) is 0 Å². The Hall–Kier alpha value is -2.15. The van der Waals surface area contributed by atoms with Gasteiger partial charge in [-0.2, -0.15) is 0 Å². The van der Waals surface area contributed by atoms with E-state index >= 15 is 0 Å². The van der Waals surface area contributed by atoms with Crippen LogP contribution in [-0.2, 0) is 12.1 Å². The van der Waals surface area contributed by atoms with Crippen LogP contribution in [-0.4, -0.2) is 25.2 Å². The summed E-state index contributed by atoms with van der Waals surface area (Å²) in [6.45, 7) is 3.39. The molecule has 0 amide bonds. The molecule has 0 unspecified atom stereocenters. The van der Waals surface area contributed by atoms with Gasteiger partial charge in [0.2, 0.25) is 5.43 Å². The summed E-state index contributed by atoms with van der Waals surface area (Å²) in [5.41, 5.74) is -1.17. The number of aromatic nitrogens is 3. The first kappa shape index (κ1) is 12.3. The van der Waals surface area contributed by atoms with Crippen LogP contribution in [0.3, 0.4) is 0 Å². The van der Waals surface area contributed by atoms with E-state index in [9.17, 15) is 9.90 Å². The number of nitrogens with zero attached hydrogens (tertiary/aromatic N) is 3. The molecule has 2 aromatic heterocycles. The first-order chi connectivity index (χ1) is 8.36. The van der Waals surface area contributed by atoms with E-state index in [1.54, 1.807) is 20.0 Å². The maximum Gasteiger partial charge on any atom is 0.226 e. The van der Waals surface area contributed by atoms with E-state index in [0.29, 0.717) is 11.5 Å². The Kier molecular flexibility index (Phi) is 2.92. The number of hydrogen-bond acceptors (Lipinski definition) is 6. The van der Waals surface area contributed by atoms with Crippen LogP contribution in [0, 0.1) is 0 Å². The highest BCUT2D eigenvalue weighted by Crippen LogP contribution is 2.16. The zero-order valence-corrected chi connectivity index (χ0v) is 9.99. The second-order valence-electron chi connectivity index (χ2n) is 4.46. The lowest BCUT2D eigenvalue weighted by molar-refractivity contribution is 0.0737. The van der Waals surface area contributed by atoms with Crippen LogP contribution in [0.1, 0.15) is 25.3 Å². The highest BCUT2D eigenvalue weighted by Gasteiger charge is 2.20. The SMILES string of the molecule is CC(C)(O)c1cn(Cc2cc(=O)c(O)co2)nn1. The largest absolute Gasteiger partial charge is 0.502 e. The summed E-state index contributed by atoms with van der Waals surface area (Å²) in [6, 6.07) is 1.18. The second-order valence-corrected chi connectivity index (χ2v) is 4.46. The van der Waals surface area contributed by atoms with E-state index in [4.69, 9.17) is 9.52 Å². The molecule has 2 heterocycles. The van der Waals surface area contributed by atoms with Crippen molar-refractivity contribution in [3.63, 3.8) is 0 Å². The summed E-state index contributed by atoms with van der Waals surface area (Å²) < 4.78 is 6.47. The first-order valence-electron chi connectivity index (χ1n) is 5.30. The van der Waals surface area contributed by atoms with Gasteiger partial charge in [0.05, 0.1) is 6.20 Å². The number of rotatable bonds is 3. The van der Waals surface area contributed by atoms with E-state index in [-0.39, 0.29) is 6.54 Å². The normalized spacial score (nSPS) is 11.7. The molecular weight excluding hydrogens is 238 g/mol. The van der Waals surface area contributed by atoms with E-state index < -0.39 is 16.8 Å². The molecule has 0 radical (unpaired) electrons. The zero-order valence-electron chi connectivity index (χ0n) is 9.99. The van der Waals surface area contributed by atoms with Gasteiger partial charge in [-0.1, -0.05) is 5.21 Å².